The molecule has 0 aliphatic rings. The summed E-state index contributed by atoms with van der Waals surface area (Å²) in [7, 11) is 0. The number of benzene rings is 1. The predicted molar refractivity (Wildman–Crippen MR) is 96.6 cm³/mol. The van der Waals surface area contributed by atoms with Crippen molar-refractivity contribution in [2.75, 3.05) is 5.32 Å². The topological polar surface area (TPSA) is 24.9 Å². The van der Waals surface area contributed by atoms with Gasteiger partial charge >= 0.3 is 0 Å². The maximum atomic E-state index is 4.60. The Bertz CT molecular complexity index is 639. The largest absolute Gasteiger partial charge is 0.340 e. The number of rotatable bonds is 6. The molecule has 1 aromatic carbocycles. The minimum Gasteiger partial charge on any atom is -0.340 e. The Labute approximate surface area is 134 Å². The highest BCUT2D eigenvalue weighted by Crippen LogP contribution is 2.31. The van der Waals surface area contributed by atoms with Gasteiger partial charge in [0.1, 0.15) is 5.82 Å². The molecule has 0 spiro atoms. The van der Waals surface area contributed by atoms with Gasteiger partial charge in [0.05, 0.1) is 0 Å². The van der Waals surface area contributed by atoms with Crippen LogP contribution in [0, 0.1) is 6.92 Å². The number of aryl methyl sites for hydroxylation is 2. The Balaban J connectivity index is 2.46. The van der Waals surface area contributed by atoms with Crippen LogP contribution in [0.3, 0.4) is 0 Å². The van der Waals surface area contributed by atoms with Gasteiger partial charge in [-0.1, -0.05) is 44.5 Å². The fourth-order valence-corrected chi connectivity index (χ4v) is 2.69. The normalized spacial score (nSPS) is 11.5. The van der Waals surface area contributed by atoms with Crippen molar-refractivity contribution in [2.24, 2.45) is 0 Å². The molecule has 0 unspecified atom stereocenters. The zero-order valence-corrected chi connectivity index (χ0v) is 14.1. The molecule has 0 amide bonds. The first-order valence-electron chi connectivity index (χ1n) is 8.20. The lowest BCUT2D eigenvalue weighted by atomic mass is 9.96. The molecule has 0 atom stereocenters. The first-order chi connectivity index (χ1) is 10.7. The summed E-state index contributed by atoms with van der Waals surface area (Å²) in [6.07, 6.45) is 7.30. The van der Waals surface area contributed by atoms with Crippen LogP contribution < -0.4 is 5.32 Å². The van der Waals surface area contributed by atoms with Crippen molar-refractivity contribution in [3.05, 3.63) is 59.3 Å². The van der Waals surface area contributed by atoms with Gasteiger partial charge in [-0.15, -0.1) is 0 Å². The molecule has 2 nitrogen and oxygen atoms in total. The smallest absolute Gasteiger partial charge is 0.138 e. The molecule has 1 N–H and O–H groups in total. The molecule has 1 heterocycles. The lowest BCUT2D eigenvalue weighted by Gasteiger charge is -2.17. The van der Waals surface area contributed by atoms with Crippen molar-refractivity contribution in [1.29, 1.82) is 0 Å². The second kappa shape index (κ2) is 7.79. The molecule has 0 aliphatic carbocycles. The lowest BCUT2D eigenvalue weighted by Crippen LogP contribution is -2.02. The van der Waals surface area contributed by atoms with Crippen LogP contribution in [-0.4, -0.2) is 4.98 Å². The Morgan fingerprint density at radius 3 is 2.41 bits per heavy atom. The number of hydrogen-bond donors (Lipinski definition) is 1. The minimum atomic E-state index is 0.963. The molecule has 0 aliphatic heterocycles. The summed E-state index contributed by atoms with van der Waals surface area (Å²) >= 11 is 0. The van der Waals surface area contributed by atoms with E-state index in [2.05, 4.69) is 74.4 Å². The molecule has 116 valence electrons. The highest BCUT2D eigenvalue weighted by molar-refractivity contribution is 5.79. The quantitative estimate of drug-likeness (QED) is 0.717. The van der Waals surface area contributed by atoms with Gasteiger partial charge in [0.15, 0.2) is 0 Å². The first-order valence-corrected chi connectivity index (χ1v) is 8.20. The van der Waals surface area contributed by atoms with Crippen LogP contribution in [0.1, 0.15) is 50.3 Å². The van der Waals surface area contributed by atoms with Gasteiger partial charge < -0.3 is 5.32 Å². The van der Waals surface area contributed by atoms with Crippen LogP contribution in [0.5, 0.6) is 0 Å². The van der Waals surface area contributed by atoms with Crippen molar-refractivity contribution in [3.63, 3.8) is 0 Å². The first kappa shape index (κ1) is 16.3. The maximum absolute atomic E-state index is 4.60. The average Bonchev–Trinajstić information content (AvgIpc) is 2.55. The Hall–Kier alpha value is -2.09. The zero-order chi connectivity index (χ0) is 15.9. The van der Waals surface area contributed by atoms with E-state index in [9.17, 15) is 0 Å². The van der Waals surface area contributed by atoms with Crippen molar-refractivity contribution >= 4 is 17.1 Å². The monoisotopic (exact) mass is 294 g/mol. The van der Waals surface area contributed by atoms with Crippen LogP contribution in [0.25, 0.3) is 5.57 Å². The third-order valence-electron chi connectivity index (χ3n) is 3.89. The van der Waals surface area contributed by atoms with Gasteiger partial charge in [0.2, 0.25) is 0 Å². The SMILES string of the molecule is CC/C=C(\CC)c1c(CC)ccnc1Nc1ccc(C)cc1. The Kier molecular flexibility index (Phi) is 5.76. The van der Waals surface area contributed by atoms with Gasteiger partial charge in [0.25, 0.3) is 0 Å². The van der Waals surface area contributed by atoms with Crippen molar-refractivity contribution in [3.8, 4) is 0 Å². The average molecular weight is 294 g/mol. The van der Waals surface area contributed by atoms with Gasteiger partial charge in [-0.05, 0) is 55.5 Å². The van der Waals surface area contributed by atoms with E-state index in [4.69, 9.17) is 0 Å². The number of nitrogens with zero attached hydrogens (tertiary/aromatic N) is 1. The zero-order valence-electron chi connectivity index (χ0n) is 14.1. The lowest BCUT2D eigenvalue weighted by molar-refractivity contribution is 1.08. The third kappa shape index (κ3) is 3.76. The van der Waals surface area contributed by atoms with Crippen LogP contribution in [0.4, 0.5) is 11.5 Å². The van der Waals surface area contributed by atoms with Crippen LogP contribution in [0.2, 0.25) is 0 Å². The van der Waals surface area contributed by atoms with Gasteiger partial charge in [0, 0.05) is 17.4 Å². The molecule has 22 heavy (non-hydrogen) atoms. The van der Waals surface area contributed by atoms with Crippen molar-refractivity contribution in [1.82, 2.24) is 4.98 Å². The summed E-state index contributed by atoms with van der Waals surface area (Å²) < 4.78 is 0. The molecular formula is C20H26N2. The van der Waals surface area contributed by atoms with E-state index in [-0.39, 0.29) is 0 Å². The summed E-state index contributed by atoms with van der Waals surface area (Å²) in [5.41, 5.74) is 6.35. The molecule has 2 aromatic rings. The number of hydrogen-bond acceptors (Lipinski definition) is 2. The van der Waals surface area contributed by atoms with E-state index in [1.807, 2.05) is 6.20 Å². The summed E-state index contributed by atoms with van der Waals surface area (Å²) in [5, 5.41) is 3.50. The Morgan fingerprint density at radius 2 is 1.82 bits per heavy atom. The number of anilines is 2. The summed E-state index contributed by atoms with van der Waals surface area (Å²) in [6.45, 7) is 8.70. The second-order valence-electron chi connectivity index (χ2n) is 5.53. The fourth-order valence-electron chi connectivity index (χ4n) is 2.69. The molecule has 2 heteroatoms. The third-order valence-corrected chi connectivity index (χ3v) is 3.89. The summed E-state index contributed by atoms with van der Waals surface area (Å²) in [6, 6.07) is 10.6. The van der Waals surface area contributed by atoms with E-state index >= 15 is 0 Å². The van der Waals surface area contributed by atoms with E-state index in [1.165, 1.54) is 22.3 Å². The molecule has 0 saturated carbocycles. The number of aromatic nitrogens is 1. The molecule has 2 rings (SSSR count). The molecule has 0 fully saturated rings. The molecule has 0 saturated heterocycles. The number of allylic oxidation sites excluding steroid dienone is 2. The standard InChI is InChI=1S/C20H26N2/c1-5-8-16(6-2)19-17(7-3)13-14-21-20(19)22-18-11-9-15(4)10-12-18/h8-14H,5-7H2,1-4H3,(H,21,22)/b16-8+. The van der Waals surface area contributed by atoms with Gasteiger partial charge in [-0.2, -0.15) is 0 Å². The Morgan fingerprint density at radius 1 is 1.09 bits per heavy atom. The molecular weight excluding hydrogens is 268 g/mol. The minimum absolute atomic E-state index is 0.963. The highest BCUT2D eigenvalue weighted by Gasteiger charge is 2.12. The van der Waals surface area contributed by atoms with Crippen LogP contribution in [0.15, 0.2) is 42.6 Å². The van der Waals surface area contributed by atoms with E-state index in [1.54, 1.807) is 0 Å². The highest BCUT2D eigenvalue weighted by atomic mass is 15.0. The molecule has 0 radical (unpaired) electrons. The molecule has 1 aromatic heterocycles. The van der Waals surface area contributed by atoms with E-state index in [0.717, 1.165) is 30.8 Å². The number of nitrogens with one attached hydrogen (secondary N) is 1. The predicted octanol–water partition coefficient (Wildman–Crippen LogP) is 5.90. The van der Waals surface area contributed by atoms with Crippen LogP contribution in [-0.2, 0) is 6.42 Å². The van der Waals surface area contributed by atoms with Gasteiger partial charge in [-0.25, -0.2) is 4.98 Å². The fraction of sp³-hybridized carbons (Fsp3) is 0.350. The van der Waals surface area contributed by atoms with Gasteiger partial charge in [-0.3, -0.25) is 0 Å². The van der Waals surface area contributed by atoms with Crippen molar-refractivity contribution in [2.45, 2.75) is 47.0 Å². The van der Waals surface area contributed by atoms with Crippen LogP contribution >= 0.6 is 0 Å². The summed E-state index contributed by atoms with van der Waals surface area (Å²) in [5.74, 6) is 0.963. The summed E-state index contributed by atoms with van der Waals surface area (Å²) in [4.78, 5) is 4.60. The second-order valence-corrected chi connectivity index (χ2v) is 5.53. The van der Waals surface area contributed by atoms with E-state index in [0.29, 0.717) is 0 Å². The van der Waals surface area contributed by atoms with E-state index < -0.39 is 0 Å². The maximum Gasteiger partial charge on any atom is 0.138 e. The van der Waals surface area contributed by atoms with Crippen molar-refractivity contribution < 1.29 is 0 Å². The molecule has 0 bridgehead atoms. The number of pyridine rings is 1.